The first-order valence-electron chi connectivity index (χ1n) is 5.57. The van der Waals surface area contributed by atoms with Crippen LogP contribution in [-0.4, -0.2) is 19.0 Å². The van der Waals surface area contributed by atoms with Crippen LogP contribution < -0.4 is 0 Å². The van der Waals surface area contributed by atoms with Gasteiger partial charge in [0.1, 0.15) is 6.10 Å². The van der Waals surface area contributed by atoms with Gasteiger partial charge in [0.25, 0.3) is 0 Å². The van der Waals surface area contributed by atoms with Gasteiger partial charge in [0.05, 0.1) is 0 Å². The first-order valence-corrected chi connectivity index (χ1v) is 5.57. The Morgan fingerprint density at radius 3 is 2.50 bits per heavy atom. The molecular weight excluding hydrogens is 198 g/mol. The fourth-order valence-electron chi connectivity index (χ4n) is 1.07. The molecule has 0 aliphatic heterocycles. The predicted molar refractivity (Wildman–Crippen MR) is 71.9 cm³/mol. The summed E-state index contributed by atoms with van der Waals surface area (Å²) in [5.74, 6) is 0.739. The second kappa shape index (κ2) is 7.91. The van der Waals surface area contributed by atoms with Gasteiger partial charge in [-0.05, 0) is 33.8 Å². The van der Waals surface area contributed by atoms with Crippen LogP contribution in [0.25, 0.3) is 0 Å². The Labute approximate surface area is 99.4 Å². The highest BCUT2D eigenvalue weighted by Crippen LogP contribution is 2.05. The number of aliphatic imine (C=N–C) groups is 1. The molecule has 0 bridgehead atoms. The molecular formula is C14H23NO. The number of hydrogen-bond acceptors (Lipinski definition) is 2. The van der Waals surface area contributed by atoms with Crippen LogP contribution in [0.5, 0.6) is 0 Å². The molecule has 90 valence electrons. The molecule has 0 radical (unpaired) electrons. The summed E-state index contributed by atoms with van der Waals surface area (Å²) in [5, 5.41) is 0. The van der Waals surface area contributed by atoms with Gasteiger partial charge in [0, 0.05) is 13.5 Å². The number of nitrogens with zero attached hydrogens (tertiary/aromatic N) is 1. The Balaban J connectivity index is 4.27. The third-order valence-corrected chi connectivity index (χ3v) is 2.11. The summed E-state index contributed by atoms with van der Waals surface area (Å²) in [6.45, 7) is 11.9. The Kier molecular flexibility index (Phi) is 7.27. The van der Waals surface area contributed by atoms with Crippen molar-refractivity contribution >= 4 is 5.90 Å². The van der Waals surface area contributed by atoms with Crippen LogP contribution in [0.3, 0.4) is 0 Å². The summed E-state index contributed by atoms with van der Waals surface area (Å²) in [7, 11) is 1.74. The van der Waals surface area contributed by atoms with Crippen LogP contribution in [0.1, 0.15) is 34.1 Å². The van der Waals surface area contributed by atoms with Gasteiger partial charge in [0.15, 0.2) is 5.90 Å². The topological polar surface area (TPSA) is 21.6 Å². The second-order valence-electron chi connectivity index (χ2n) is 3.97. The number of rotatable bonds is 5. The Hall–Kier alpha value is -1.31. The molecule has 0 amide bonds. The van der Waals surface area contributed by atoms with Gasteiger partial charge in [-0.2, -0.15) is 0 Å². The first kappa shape index (κ1) is 14.7. The van der Waals surface area contributed by atoms with E-state index in [1.165, 1.54) is 5.57 Å². The van der Waals surface area contributed by atoms with E-state index in [0.29, 0.717) is 6.42 Å². The lowest BCUT2D eigenvalue weighted by Gasteiger charge is -2.12. The van der Waals surface area contributed by atoms with Crippen LogP contribution in [0.4, 0.5) is 0 Å². The molecule has 0 spiro atoms. The maximum Gasteiger partial charge on any atom is 0.187 e. The van der Waals surface area contributed by atoms with Crippen molar-refractivity contribution in [2.24, 2.45) is 4.99 Å². The zero-order valence-corrected chi connectivity index (χ0v) is 11.1. The molecule has 2 nitrogen and oxygen atoms in total. The van der Waals surface area contributed by atoms with E-state index < -0.39 is 0 Å². The van der Waals surface area contributed by atoms with Crippen molar-refractivity contribution < 1.29 is 4.74 Å². The SMILES string of the molecule is C=C(C)CC(=NC)OC(C)/C=C\C(C)=C/C. The van der Waals surface area contributed by atoms with Gasteiger partial charge in [-0.25, -0.2) is 0 Å². The first-order chi connectivity index (χ1) is 7.49. The van der Waals surface area contributed by atoms with Gasteiger partial charge in [-0.3, -0.25) is 4.99 Å². The van der Waals surface area contributed by atoms with Crippen molar-refractivity contribution in [3.05, 3.63) is 36.0 Å². The monoisotopic (exact) mass is 221 g/mol. The van der Waals surface area contributed by atoms with E-state index in [0.717, 1.165) is 11.5 Å². The van der Waals surface area contributed by atoms with Gasteiger partial charge in [-0.15, -0.1) is 0 Å². The van der Waals surface area contributed by atoms with E-state index in [1.54, 1.807) is 7.05 Å². The van der Waals surface area contributed by atoms with Crippen LogP contribution in [0, 0.1) is 0 Å². The van der Waals surface area contributed by atoms with E-state index >= 15 is 0 Å². The van der Waals surface area contributed by atoms with E-state index in [2.05, 4.69) is 30.6 Å². The highest BCUT2D eigenvalue weighted by molar-refractivity contribution is 5.78. The molecule has 0 heterocycles. The lowest BCUT2D eigenvalue weighted by Crippen LogP contribution is -2.13. The van der Waals surface area contributed by atoms with Crippen LogP contribution in [-0.2, 0) is 4.74 Å². The lowest BCUT2D eigenvalue weighted by molar-refractivity contribution is 0.249. The van der Waals surface area contributed by atoms with Crippen LogP contribution >= 0.6 is 0 Å². The second-order valence-corrected chi connectivity index (χ2v) is 3.97. The third kappa shape index (κ3) is 7.04. The van der Waals surface area contributed by atoms with Crippen molar-refractivity contribution in [1.82, 2.24) is 0 Å². The summed E-state index contributed by atoms with van der Waals surface area (Å²) in [6, 6.07) is 0. The Morgan fingerprint density at radius 1 is 1.44 bits per heavy atom. The van der Waals surface area contributed by atoms with Crippen molar-refractivity contribution in [2.75, 3.05) is 7.05 Å². The van der Waals surface area contributed by atoms with Gasteiger partial charge >= 0.3 is 0 Å². The van der Waals surface area contributed by atoms with E-state index in [9.17, 15) is 0 Å². The van der Waals surface area contributed by atoms with E-state index in [-0.39, 0.29) is 6.10 Å². The minimum Gasteiger partial charge on any atom is -0.474 e. The fourth-order valence-corrected chi connectivity index (χ4v) is 1.07. The Morgan fingerprint density at radius 2 is 2.06 bits per heavy atom. The van der Waals surface area contributed by atoms with Crippen molar-refractivity contribution in [3.63, 3.8) is 0 Å². The minimum atomic E-state index is 0.0351. The van der Waals surface area contributed by atoms with Crippen molar-refractivity contribution in [1.29, 1.82) is 0 Å². The van der Waals surface area contributed by atoms with Crippen LogP contribution in [0.2, 0.25) is 0 Å². The molecule has 16 heavy (non-hydrogen) atoms. The fraction of sp³-hybridized carbons (Fsp3) is 0.500. The molecule has 0 aromatic rings. The Bertz CT molecular complexity index is 311. The van der Waals surface area contributed by atoms with Gasteiger partial charge < -0.3 is 4.74 Å². The average Bonchev–Trinajstić information content (AvgIpc) is 2.24. The molecule has 2 heteroatoms. The van der Waals surface area contributed by atoms with Crippen LogP contribution in [0.15, 0.2) is 40.9 Å². The maximum atomic E-state index is 5.68. The van der Waals surface area contributed by atoms with E-state index in [1.807, 2.05) is 26.8 Å². The van der Waals surface area contributed by atoms with Gasteiger partial charge in [-0.1, -0.05) is 29.9 Å². The molecule has 0 rings (SSSR count). The molecule has 0 aliphatic carbocycles. The molecule has 1 atom stereocenters. The summed E-state index contributed by atoms with van der Waals surface area (Å²) in [5.41, 5.74) is 2.28. The predicted octanol–water partition coefficient (Wildman–Crippen LogP) is 3.91. The molecule has 0 fully saturated rings. The highest BCUT2D eigenvalue weighted by Gasteiger charge is 2.04. The molecule has 0 aromatic heterocycles. The summed E-state index contributed by atoms with van der Waals surface area (Å²) in [4.78, 5) is 4.10. The average molecular weight is 221 g/mol. The summed E-state index contributed by atoms with van der Waals surface area (Å²) < 4.78 is 5.68. The quantitative estimate of drug-likeness (QED) is 0.298. The molecule has 0 N–H and O–H groups in total. The smallest absolute Gasteiger partial charge is 0.187 e. The normalized spacial score (nSPS) is 15.3. The zero-order valence-electron chi connectivity index (χ0n) is 11.1. The van der Waals surface area contributed by atoms with Crippen molar-refractivity contribution in [3.8, 4) is 0 Å². The number of ether oxygens (including phenoxy) is 1. The highest BCUT2D eigenvalue weighted by atomic mass is 16.5. The largest absolute Gasteiger partial charge is 0.474 e. The molecule has 0 saturated heterocycles. The standard InChI is InChI=1S/C14H23NO/c1-7-12(4)8-9-13(5)16-14(15-6)10-11(2)3/h7-9,13H,2,10H2,1,3-6H3/b9-8-,12-7-,15-14?. The number of allylic oxidation sites excluding steroid dienone is 3. The summed E-state index contributed by atoms with van der Waals surface area (Å²) in [6.07, 6.45) is 6.88. The zero-order chi connectivity index (χ0) is 12.6. The lowest BCUT2D eigenvalue weighted by atomic mass is 10.2. The van der Waals surface area contributed by atoms with Gasteiger partial charge in [0.2, 0.25) is 0 Å². The molecule has 0 aliphatic rings. The maximum absolute atomic E-state index is 5.68. The van der Waals surface area contributed by atoms with Crippen molar-refractivity contribution in [2.45, 2.75) is 40.2 Å². The molecule has 0 saturated carbocycles. The third-order valence-electron chi connectivity index (χ3n) is 2.11. The minimum absolute atomic E-state index is 0.0351. The molecule has 0 aromatic carbocycles. The summed E-state index contributed by atoms with van der Waals surface area (Å²) >= 11 is 0. The molecule has 1 unspecified atom stereocenters. The van der Waals surface area contributed by atoms with E-state index in [4.69, 9.17) is 4.74 Å². The number of hydrogen-bond donors (Lipinski definition) is 0.